The average molecular weight is 383 g/mol. The second-order valence-electron chi connectivity index (χ2n) is 7.38. The van der Waals surface area contributed by atoms with Gasteiger partial charge in [0.05, 0.1) is 11.7 Å². The highest BCUT2D eigenvalue weighted by Gasteiger charge is 2.39. The van der Waals surface area contributed by atoms with Crippen molar-refractivity contribution in [2.75, 3.05) is 0 Å². The van der Waals surface area contributed by atoms with Gasteiger partial charge in [0.25, 0.3) is 0 Å². The molecular formula is C22H25NO5. The first-order valence-corrected chi connectivity index (χ1v) is 9.51. The maximum atomic E-state index is 12.9. The number of rotatable bonds is 4. The number of dihydropyridines is 1. The molecule has 0 spiro atoms. The summed E-state index contributed by atoms with van der Waals surface area (Å²) in [5.74, 6) is -0.869. The van der Waals surface area contributed by atoms with Crippen LogP contribution in [0, 0.1) is 0 Å². The fraction of sp³-hybridized carbons (Fsp3) is 0.409. The van der Waals surface area contributed by atoms with Gasteiger partial charge in [-0.2, -0.15) is 0 Å². The molecule has 6 nitrogen and oxygen atoms in total. The van der Waals surface area contributed by atoms with Crippen LogP contribution in [-0.2, 0) is 19.1 Å². The quantitative estimate of drug-likeness (QED) is 0.633. The maximum Gasteiger partial charge on any atom is 0.337 e. The number of carbonyl (C=O) groups excluding carboxylic acids is 3. The van der Waals surface area contributed by atoms with Gasteiger partial charge in [-0.25, -0.2) is 4.79 Å². The summed E-state index contributed by atoms with van der Waals surface area (Å²) in [6.07, 6.45) is 1.76. The van der Waals surface area contributed by atoms with E-state index in [9.17, 15) is 14.4 Å². The first kappa shape index (κ1) is 19.9. The molecular weight excluding hydrogens is 358 g/mol. The molecule has 1 atom stereocenters. The third-order valence-corrected chi connectivity index (χ3v) is 4.81. The van der Waals surface area contributed by atoms with E-state index in [-0.39, 0.29) is 11.9 Å². The fourth-order valence-electron chi connectivity index (χ4n) is 3.76. The average Bonchev–Trinajstić information content (AvgIpc) is 2.60. The van der Waals surface area contributed by atoms with Crippen LogP contribution in [0.4, 0.5) is 0 Å². The van der Waals surface area contributed by atoms with E-state index in [0.717, 1.165) is 24.1 Å². The minimum atomic E-state index is -0.498. The van der Waals surface area contributed by atoms with E-state index in [4.69, 9.17) is 9.47 Å². The number of hydrogen-bond acceptors (Lipinski definition) is 6. The van der Waals surface area contributed by atoms with E-state index in [1.165, 1.54) is 6.92 Å². The van der Waals surface area contributed by atoms with Crippen LogP contribution >= 0.6 is 0 Å². The van der Waals surface area contributed by atoms with Crippen molar-refractivity contribution in [1.29, 1.82) is 0 Å². The Morgan fingerprint density at radius 3 is 2.43 bits per heavy atom. The first-order valence-electron chi connectivity index (χ1n) is 9.51. The Balaban J connectivity index is 2.07. The van der Waals surface area contributed by atoms with Gasteiger partial charge in [0.15, 0.2) is 5.78 Å². The molecule has 1 aliphatic heterocycles. The van der Waals surface area contributed by atoms with Crippen LogP contribution in [0.5, 0.6) is 5.75 Å². The minimum absolute atomic E-state index is 0.0464. The Bertz CT molecular complexity index is 877. The van der Waals surface area contributed by atoms with Crippen molar-refractivity contribution >= 4 is 17.7 Å². The van der Waals surface area contributed by atoms with Gasteiger partial charge in [-0.3, -0.25) is 9.59 Å². The summed E-state index contributed by atoms with van der Waals surface area (Å²) in [6.45, 7) is 6.76. The van der Waals surface area contributed by atoms with Crippen LogP contribution in [0.25, 0.3) is 0 Å². The Hall–Kier alpha value is -2.89. The van der Waals surface area contributed by atoms with E-state index < -0.39 is 17.9 Å². The molecule has 1 aromatic carbocycles. The lowest BCUT2D eigenvalue weighted by Gasteiger charge is -2.34. The summed E-state index contributed by atoms with van der Waals surface area (Å²) >= 11 is 0. The monoisotopic (exact) mass is 383 g/mol. The third-order valence-electron chi connectivity index (χ3n) is 4.81. The Labute approximate surface area is 164 Å². The predicted octanol–water partition coefficient (Wildman–Crippen LogP) is 3.53. The van der Waals surface area contributed by atoms with Crippen molar-refractivity contribution < 1.29 is 23.9 Å². The minimum Gasteiger partial charge on any atom is -0.460 e. The normalized spacial score (nSPS) is 19.3. The molecule has 6 heteroatoms. The van der Waals surface area contributed by atoms with Gasteiger partial charge in [-0.05, 0) is 51.3 Å². The molecule has 3 rings (SSSR count). The molecule has 1 heterocycles. The number of benzene rings is 1. The summed E-state index contributed by atoms with van der Waals surface area (Å²) < 4.78 is 10.6. The molecule has 1 aliphatic carbocycles. The van der Waals surface area contributed by atoms with Crippen LogP contribution in [-0.4, -0.2) is 23.8 Å². The molecule has 28 heavy (non-hydrogen) atoms. The molecule has 0 saturated carbocycles. The molecule has 2 aliphatic rings. The molecule has 148 valence electrons. The highest BCUT2D eigenvalue weighted by Crippen LogP contribution is 2.42. The Morgan fingerprint density at radius 1 is 1.14 bits per heavy atom. The van der Waals surface area contributed by atoms with Crippen molar-refractivity contribution in [2.45, 2.75) is 59.0 Å². The van der Waals surface area contributed by atoms with Gasteiger partial charge in [-0.1, -0.05) is 12.1 Å². The van der Waals surface area contributed by atoms with Gasteiger partial charge >= 0.3 is 11.9 Å². The van der Waals surface area contributed by atoms with Gasteiger partial charge in [0, 0.05) is 36.2 Å². The molecule has 0 unspecified atom stereocenters. The zero-order chi connectivity index (χ0) is 20.4. The number of carbonyl (C=O) groups is 3. The van der Waals surface area contributed by atoms with Crippen molar-refractivity contribution in [3.63, 3.8) is 0 Å². The fourth-order valence-corrected chi connectivity index (χ4v) is 3.76. The van der Waals surface area contributed by atoms with E-state index in [1.807, 2.05) is 6.92 Å². The van der Waals surface area contributed by atoms with E-state index in [2.05, 4.69) is 5.32 Å². The highest BCUT2D eigenvalue weighted by atomic mass is 16.5. The van der Waals surface area contributed by atoms with Crippen molar-refractivity contribution in [3.8, 4) is 5.75 Å². The van der Waals surface area contributed by atoms with Crippen molar-refractivity contribution in [3.05, 3.63) is 52.4 Å². The van der Waals surface area contributed by atoms with Crippen molar-refractivity contribution in [1.82, 2.24) is 5.32 Å². The van der Waals surface area contributed by atoms with Crippen LogP contribution in [0.1, 0.15) is 58.4 Å². The van der Waals surface area contributed by atoms with Gasteiger partial charge in [0.1, 0.15) is 5.75 Å². The topological polar surface area (TPSA) is 81.7 Å². The second kappa shape index (κ2) is 8.00. The summed E-state index contributed by atoms with van der Waals surface area (Å²) in [5, 5.41) is 3.26. The predicted molar refractivity (Wildman–Crippen MR) is 103 cm³/mol. The lowest BCUT2D eigenvalue weighted by atomic mass is 9.75. The molecule has 1 aromatic rings. The summed E-state index contributed by atoms with van der Waals surface area (Å²) in [6, 6.07) is 6.92. The standard InChI is InChI=1S/C22H25NO5/c1-12(2)27-22(26)19-13(3)23-17-6-5-7-18(25)21(17)20(19)15-8-10-16(11-9-15)28-14(4)24/h8-12,20,23H,5-7H2,1-4H3/t20-/m0/s1. The lowest BCUT2D eigenvalue weighted by molar-refractivity contribution is -0.143. The number of allylic oxidation sites excluding steroid dienone is 3. The van der Waals surface area contributed by atoms with Crippen molar-refractivity contribution in [2.24, 2.45) is 0 Å². The molecule has 1 N–H and O–H groups in total. The number of ether oxygens (including phenoxy) is 2. The number of nitrogens with one attached hydrogen (secondary N) is 1. The van der Waals surface area contributed by atoms with Gasteiger partial charge < -0.3 is 14.8 Å². The number of ketones is 1. The van der Waals surface area contributed by atoms with Crippen LogP contribution in [0.3, 0.4) is 0 Å². The Kier molecular flexibility index (Phi) is 5.68. The van der Waals surface area contributed by atoms with Crippen LogP contribution in [0.2, 0.25) is 0 Å². The van der Waals surface area contributed by atoms with Crippen LogP contribution < -0.4 is 10.1 Å². The molecule has 0 bridgehead atoms. The number of hydrogen-bond donors (Lipinski definition) is 1. The molecule has 0 amide bonds. The molecule has 0 saturated heterocycles. The van der Waals surface area contributed by atoms with E-state index in [0.29, 0.717) is 29.0 Å². The maximum absolute atomic E-state index is 12.9. The molecule has 0 fully saturated rings. The SMILES string of the molecule is CC(=O)Oc1ccc([C@H]2C(C(=O)OC(C)C)=C(C)NC3=C2C(=O)CCC3)cc1. The van der Waals surface area contributed by atoms with E-state index in [1.54, 1.807) is 38.1 Å². The summed E-state index contributed by atoms with van der Waals surface area (Å²) in [4.78, 5) is 36.8. The molecule has 0 radical (unpaired) electrons. The zero-order valence-electron chi connectivity index (χ0n) is 16.6. The number of Topliss-reactive ketones (excluding diaryl/α,β-unsaturated/α-hetero) is 1. The summed E-state index contributed by atoms with van der Waals surface area (Å²) in [7, 11) is 0. The van der Waals surface area contributed by atoms with Gasteiger partial charge in [-0.15, -0.1) is 0 Å². The molecule has 0 aromatic heterocycles. The largest absolute Gasteiger partial charge is 0.460 e. The van der Waals surface area contributed by atoms with E-state index >= 15 is 0 Å². The lowest BCUT2D eigenvalue weighted by Crippen LogP contribution is -2.34. The zero-order valence-corrected chi connectivity index (χ0v) is 16.6. The first-order chi connectivity index (χ1) is 13.3. The third kappa shape index (κ3) is 4.01. The van der Waals surface area contributed by atoms with Crippen LogP contribution in [0.15, 0.2) is 46.8 Å². The highest BCUT2D eigenvalue weighted by molar-refractivity contribution is 6.03. The second-order valence-corrected chi connectivity index (χ2v) is 7.38. The number of esters is 2. The Morgan fingerprint density at radius 2 is 1.82 bits per heavy atom. The van der Waals surface area contributed by atoms with Gasteiger partial charge in [0.2, 0.25) is 0 Å². The smallest absolute Gasteiger partial charge is 0.337 e. The summed E-state index contributed by atoms with van der Waals surface area (Å²) in [5.41, 5.74) is 3.45.